The molecule has 0 aliphatic rings. The molecule has 0 spiro atoms. The van der Waals surface area contributed by atoms with Crippen molar-refractivity contribution in [3.63, 3.8) is 0 Å². The van der Waals surface area contributed by atoms with Gasteiger partial charge in [-0.25, -0.2) is 4.79 Å². The summed E-state index contributed by atoms with van der Waals surface area (Å²) in [6.07, 6.45) is 0. The van der Waals surface area contributed by atoms with Crippen molar-refractivity contribution >= 4 is 53.0 Å². The van der Waals surface area contributed by atoms with Crippen molar-refractivity contribution in [3.8, 4) is 0 Å². The predicted molar refractivity (Wildman–Crippen MR) is 107 cm³/mol. The number of benzene rings is 2. The molecule has 2 N–H and O–H groups in total. The SMILES string of the molecule is CNc1c(C(C)C)ccc(C(=O)O)c1[N+](=O)[O-].Cl.Clc1cccc(Cl)c1. The third-order valence-electron chi connectivity index (χ3n) is 3.28. The molecule has 0 fully saturated rings. The van der Waals surface area contributed by atoms with Crippen molar-refractivity contribution in [3.05, 3.63) is 67.7 Å². The summed E-state index contributed by atoms with van der Waals surface area (Å²) in [5.41, 5.74) is 0.309. The molecule has 0 unspecified atom stereocenters. The lowest BCUT2D eigenvalue weighted by molar-refractivity contribution is -0.384. The Morgan fingerprint density at radius 3 is 2.04 bits per heavy atom. The minimum Gasteiger partial charge on any atom is -0.477 e. The van der Waals surface area contributed by atoms with E-state index in [1.54, 1.807) is 31.3 Å². The summed E-state index contributed by atoms with van der Waals surface area (Å²) >= 11 is 11.1. The molecular weight excluding hydrogens is 403 g/mol. The summed E-state index contributed by atoms with van der Waals surface area (Å²) in [4.78, 5) is 21.3. The lowest BCUT2D eigenvalue weighted by Gasteiger charge is -2.13. The Morgan fingerprint density at radius 1 is 1.19 bits per heavy atom. The van der Waals surface area contributed by atoms with E-state index in [9.17, 15) is 14.9 Å². The Labute approximate surface area is 167 Å². The molecule has 0 saturated carbocycles. The standard InChI is InChI=1S/C11H14N2O4.C6H4Cl2.ClH/c1-6(2)7-4-5-8(11(14)15)10(13(16)17)9(7)12-3;7-5-2-1-3-6(8)4-5;/h4-6,12H,1-3H3,(H,14,15);1-4H;1H. The molecule has 0 saturated heterocycles. The predicted octanol–water partition coefficient (Wildman–Crippen LogP) is 5.87. The van der Waals surface area contributed by atoms with Gasteiger partial charge in [0.1, 0.15) is 11.3 Å². The number of anilines is 1. The number of nitro groups is 1. The van der Waals surface area contributed by atoms with Crippen LogP contribution in [0.5, 0.6) is 0 Å². The molecule has 142 valence electrons. The van der Waals surface area contributed by atoms with Crippen LogP contribution in [-0.2, 0) is 0 Å². The van der Waals surface area contributed by atoms with Crippen LogP contribution in [0.2, 0.25) is 10.0 Å². The summed E-state index contributed by atoms with van der Waals surface area (Å²) in [5.74, 6) is -1.23. The van der Waals surface area contributed by atoms with Gasteiger partial charge in [-0.2, -0.15) is 0 Å². The molecule has 0 aliphatic carbocycles. The van der Waals surface area contributed by atoms with E-state index in [4.69, 9.17) is 28.3 Å². The van der Waals surface area contributed by atoms with E-state index in [0.717, 1.165) is 5.56 Å². The average Bonchev–Trinajstić information content (AvgIpc) is 2.53. The van der Waals surface area contributed by atoms with Crippen LogP contribution in [0.15, 0.2) is 36.4 Å². The van der Waals surface area contributed by atoms with Crippen LogP contribution >= 0.6 is 35.6 Å². The quantitative estimate of drug-likeness (QED) is 0.475. The van der Waals surface area contributed by atoms with Crippen LogP contribution in [0.3, 0.4) is 0 Å². The van der Waals surface area contributed by atoms with E-state index in [1.807, 2.05) is 19.9 Å². The highest BCUT2D eigenvalue weighted by molar-refractivity contribution is 6.34. The molecule has 0 radical (unpaired) electrons. The summed E-state index contributed by atoms with van der Waals surface area (Å²) in [5, 5.41) is 24.0. The normalized spacial score (nSPS) is 9.62. The lowest BCUT2D eigenvalue weighted by atomic mass is 9.97. The molecule has 26 heavy (non-hydrogen) atoms. The maximum Gasteiger partial charge on any atom is 0.342 e. The molecule has 0 aliphatic heterocycles. The molecule has 2 aromatic carbocycles. The number of hydrogen-bond donors (Lipinski definition) is 2. The van der Waals surface area contributed by atoms with Gasteiger partial charge in [0, 0.05) is 17.1 Å². The maximum atomic E-state index is 11.0. The van der Waals surface area contributed by atoms with Crippen molar-refractivity contribution in [2.75, 3.05) is 12.4 Å². The van der Waals surface area contributed by atoms with Gasteiger partial charge in [0.2, 0.25) is 0 Å². The number of carboxylic acid groups (broad SMARTS) is 1. The van der Waals surface area contributed by atoms with E-state index >= 15 is 0 Å². The van der Waals surface area contributed by atoms with E-state index in [1.165, 1.54) is 6.07 Å². The first-order valence-electron chi connectivity index (χ1n) is 7.32. The fraction of sp³-hybridized carbons (Fsp3) is 0.235. The first-order chi connectivity index (χ1) is 11.7. The maximum absolute atomic E-state index is 11.0. The van der Waals surface area contributed by atoms with Crippen LogP contribution in [0, 0.1) is 10.1 Å². The van der Waals surface area contributed by atoms with E-state index in [2.05, 4.69) is 5.32 Å². The fourth-order valence-electron chi connectivity index (χ4n) is 2.17. The Bertz CT molecular complexity index is 765. The molecule has 6 nitrogen and oxygen atoms in total. The van der Waals surface area contributed by atoms with E-state index in [0.29, 0.717) is 10.0 Å². The minimum atomic E-state index is -1.30. The first kappa shape index (κ1) is 24.0. The molecule has 2 rings (SSSR count). The highest BCUT2D eigenvalue weighted by Gasteiger charge is 2.27. The second-order valence-electron chi connectivity index (χ2n) is 5.33. The Balaban J connectivity index is 0.000000583. The largest absolute Gasteiger partial charge is 0.477 e. The van der Waals surface area contributed by atoms with Crippen LogP contribution in [0.1, 0.15) is 35.7 Å². The Kier molecular flexibility index (Phi) is 10.0. The molecule has 0 aromatic heterocycles. The zero-order valence-electron chi connectivity index (χ0n) is 14.3. The molecule has 2 aromatic rings. The number of rotatable bonds is 4. The number of aromatic carboxylic acids is 1. The first-order valence-corrected chi connectivity index (χ1v) is 8.08. The lowest BCUT2D eigenvalue weighted by Crippen LogP contribution is -2.08. The van der Waals surface area contributed by atoms with Crippen LogP contribution < -0.4 is 5.32 Å². The van der Waals surface area contributed by atoms with Crippen molar-refractivity contribution in [1.29, 1.82) is 0 Å². The molecule has 0 bridgehead atoms. The summed E-state index contributed by atoms with van der Waals surface area (Å²) in [6, 6.07) is 9.96. The second kappa shape index (κ2) is 10.9. The van der Waals surface area contributed by atoms with Gasteiger partial charge in [-0.1, -0.05) is 49.2 Å². The second-order valence-corrected chi connectivity index (χ2v) is 6.21. The Hall–Kier alpha value is -2.02. The van der Waals surface area contributed by atoms with Gasteiger partial charge in [0.25, 0.3) is 0 Å². The van der Waals surface area contributed by atoms with Crippen LogP contribution in [-0.4, -0.2) is 23.0 Å². The van der Waals surface area contributed by atoms with Gasteiger partial charge >= 0.3 is 11.7 Å². The van der Waals surface area contributed by atoms with Crippen molar-refractivity contribution in [2.45, 2.75) is 19.8 Å². The number of nitro benzene ring substituents is 1. The van der Waals surface area contributed by atoms with Crippen molar-refractivity contribution < 1.29 is 14.8 Å². The van der Waals surface area contributed by atoms with Crippen molar-refractivity contribution in [1.82, 2.24) is 0 Å². The summed E-state index contributed by atoms with van der Waals surface area (Å²) < 4.78 is 0. The number of halogens is 3. The minimum absolute atomic E-state index is 0. The van der Waals surface area contributed by atoms with Gasteiger partial charge in [-0.15, -0.1) is 12.4 Å². The molecule has 9 heteroatoms. The van der Waals surface area contributed by atoms with Gasteiger partial charge in [0.05, 0.1) is 4.92 Å². The van der Waals surface area contributed by atoms with Crippen molar-refractivity contribution in [2.24, 2.45) is 0 Å². The molecule has 0 heterocycles. The topological polar surface area (TPSA) is 92.5 Å². The number of carbonyl (C=O) groups is 1. The summed E-state index contributed by atoms with van der Waals surface area (Å²) in [6.45, 7) is 3.78. The highest BCUT2D eigenvalue weighted by Crippen LogP contribution is 2.35. The van der Waals surface area contributed by atoms with Gasteiger partial charge in [-0.05, 0) is 35.7 Å². The van der Waals surface area contributed by atoms with Crippen LogP contribution in [0.25, 0.3) is 0 Å². The smallest absolute Gasteiger partial charge is 0.342 e. The Morgan fingerprint density at radius 2 is 1.73 bits per heavy atom. The van der Waals surface area contributed by atoms with Gasteiger partial charge in [-0.3, -0.25) is 10.1 Å². The van der Waals surface area contributed by atoms with E-state index < -0.39 is 10.9 Å². The summed E-state index contributed by atoms with van der Waals surface area (Å²) in [7, 11) is 1.54. The van der Waals surface area contributed by atoms with Gasteiger partial charge in [0.15, 0.2) is 0 Å². The third-order valence-corrected chi connectivity index (χ3v) is 3.75. The number of carboxylic acids is 1. The van der Waals surface area contributed by atoms with Crippen LogP contribution in [0.4, 0.5) is 11.4 Å². The number of nitrogens with zero attached hydrogens (tertiary/aromatic N) is 1. The monoisotopic (exact) mass is 420 g/mol. The third kappa shape index (κ3) is 6.37. The van der Waals surface area contributed by atoms with Gasteiger partial charge < -0.3 is 10.4 Å². The molecule has 0 amide bonds. The number of nitrogens with one attached hydrogen (secondary N) is 1. The fourth-order valence-corrected chi connectivity index (χ4v) is 2.61. The average molecular weight is 422 g/mol. The zero-order chi connectivity index (χ0) is 19.1. The molecular formula is C17H19Cl3N2O4. The highest BCUT2D eigenvalue weighted by atomic mass is 35.5. The molecule has 0 atom stereocenters. The number of hydrogen-bond acceptors (Lipinski definition) is 4. The zero-order valence-corrected chi connectivity index (χ0v) is 16.7. The van der Waals surface area contributed by atoms with E-state index in [-0.39, 0.29) is 35.3 Å².